The van der Waals surface area contributed by atoms with Crippen LogP contribution in [0.2, 0.25) is 0 Å². The molecule has 56 valence electrons. The second-order valence-corrected chi connectivity index (χ2v) is 1.39. The van der Waals surface area contributed by atoms with Crippen molar-refractivity contribution in [3.63, 3.8) is 0 Å². The van der Waals surface area contributed by atoms with Gasteiger partial charge in [0.2, 0.25) is 0 Å². The quantitative estimate of drug-likeness (QED) is 0.262. The van der Waals surface area contributed by atoms with Gasteiger partial charge in [-0.25, -0.2) is 9.59 Å². The first-order chi connectivity index (χ1) is 4.63. The molecule has 0 bridgehead atoms. The zero-order valence-electron chi connectivity index (χ0n) is 7.02. The van der Waals surface area contributed by atoms with Gasteiger partial charge in [-0.2, -0.15) is 0 Å². The maximum atomic E-state index is 9.78. The van der Waals surface area contributed by atoms with Crippen molar-refractivity contribution in [3.8, 4) is 0 Å². The van der Waals surface area contributed by atoms with Gasteiger partial charge in [-0.1, -0.05) is 12.2 Å². The summed E-state index contributed by atoms with van der Waals surface area (Å²) in [6.45, 7) is 0. The van der Waals surface area contributed by atoms with E-state index >= 15 is 0 Å². The van der Waals surface area contributed by atoms with E-state index in [1.807, 2.05) is 0 Å². The van der Waals surface area contributed by atoms with Gasteiger partial charge in [0, 0.05) is 12.2 Å². The van der Waals surface area contributed by atoms with Crippen LogP contribution in [0.1, 0.15) is 1.43 Å². The molecule has 0 saturated carbocycles. The van der Waals surface area contributed by atoms with Gasteiger partial charge in [-0.15, -0.1) is 0 Å². The number of aliphatic carboxylic acids is 2. The number of rotatable bonds is 3. The summed E-state index contributed by atoms with van der Waals surface area (Å²) in [5.41, 5.74) is 0. The monoisotopic (exact) mass is 150 g/mol. The topological polar surface area (TPSA) is 74.6 Å². The molecule has 0 atom stereocenters. The van der Waals surface area contributed by atoms with E-state index in [-0.39, 0.29) is 20.3 Å². The van der Waals surface area contributed by atoms with Crippen molar-refractivity contribution < 1.29 is 40.1 Å². The summed E-state index contributed by atoms with van der Waals surface area (Å²) in [4.78, 5) is 19.6. The molecule has 0 rings (SSSR count). The van der Waals surface area contributed by atoms with Crippen molar-refractivity contribution in [1.29, 1.82) is 0 Å². The first-order valence-corrected chi connectivity index (χ1v) is 2.43. The first kappa shape index (κ1) is 12.7. The zero-order chi connectivity index (χ0) is 7.98. The van der Waals surface area contributed by atoms with E-state index in [1.54, 1.807) is 0 Å². The van der Waals surface area contributed by atoms with Gasteiger partial charge in [-0.05, 0) is 0 Å². The molecule has 0 heterocycles. The number of allylic oxidation sites excluding steroid dienone is 2. The Bertz CT molecular complexity index is 178. The maximum absolute atomic E-state index is 9.78. The third-order valence-corrected chi connectivity index (χ3v) is 0.589. The van der Waals surface area contributed by atoms with E-state index < -0.39 is 11.9 Å². The average Bonchev–Trinajstić information content (AvgIpc) is 1.79. The Morgan fingerprint density at radius 2 is 1.27 bits per heavy atom. The number of carbonyl (C=O) groups is 2. The van der Waals surface area contributed by atoms with Crippen LogP contribution in [0.3, 0.4) is 0 Å². The molecule has 0 aliphatic rings. The van der Waals surface area contributed by atoms with Crippen molar-refractivity contribution in [2.75, 3.05) is 0 Å². The zero-order valence-corrected chi connectivity index (χ0v) is 6.02. The van der Waals surface area contributed by atoms with Gasteiger partial charge in [0.25, 0.3) is 0 Å². The third-order valence-electron chi connectivity index (χ3n) is 0.589. The van der Waals surface area contributed by atoms with Gasteiger partial charge in [-0.3, -0.25) is 0 Å². The fourth-order valence-electron chi connectivity index (χ4n) is 0.276. The molecule has 0 spiro atoms. The molecule has 5 heteroatoms. The molecule has 0 aromatic heterocycles. The summed E-state index contributed by atoms with van der Waals surface area (Å²) >= 11 is 0. The molecule has 2 N–H and O–H groups in total. The second-order valence-electron chi connectivity index (χ2n) is 1.39. The molecule has 4 nitrogen and oxygen atoms in total. The Balaban J connectivity index is -0.000000405. The van der Waals surface area contributed by atoms with Crippen molar-refractivity contribution in [3.05, 3.63) is 24.3 Å². The van der Waals surface area contributed by atoms with Gasteiger partial charge < -0.3 is 11.6 Å². The minimum atomic E-state index is -1.10. The molecular formula is C6H7LiO4. The van der Waals surface area contributed by atoms with E-state index in [0.717, 1.165) is 24.3 Å². The maximum Gasteiger partial charge on any atom is 1.00 e. The number of hydrogen-bond donors (Lipinski definition) is 2. The third kappa shape index (κ3) is 12.3. The van der Waals surface area contributed by atoms with Crippen LogP contribution in [-0.2, 0) is 9.59 Å². The van der Waals surface area contributed by atoms with Gasteiger partial charge in [0.05, 0.1) is 0 Å². The average molecular weight is 150 g/mol. The van der Waals surface area contributed by atoms with Crippen LogP contribution in [0.4, 0.5) is 0 Å². The van der Waals surface area contributed by atoms with Crippen LogP contribution >= 0.6 is 0 Å². The predicted octanol–water partition coefficient (Wildman–Crippen LogP) is -2.62. The Labute approximate surface area is 76.9 Å². The summed E-state index contributed by atoms with van der Waals surface area (Å²) in [5, 5.41) is 16.0. The normalized spacial score (nSPS) is 9.82. The molecule has 0 amide bonds. The van der Waals surface area contributed by atoms with Crippen molar-refractivity contribution in [1.82, 2.24) is 0 Å². The second kappa shape index (κ2) is 7.13. The van der Waals surface area contributed by atoms with E-state index in [2.05, 4.69) is 0 Å². The van der Waals surface area contributed by atoms with Crippen LogP contribution in [0, 0.1) is 0 Å². The Kier molecular flexibility index (Phi) is 8.21. The summed E-state index contributed by atoms with van der Waals surface area (Å²) < 4.78 is 0. The molecular weight excluding hydrogens is 143 g/mol. The Hall–Kier alpha value is -0.983. The largest absolute Gasteiger partial charge is 1.00 e. The van der Waals surface area contributed by atoms with Gasteiger partial charge >= 0.3 is 30.8 Å². The van der Waals surface area contributed by atoms with E-state index in [0.29, 0.717) is 0 Å². The predicted molar refractivity (Wildman–Crippen MR) is 34.7 cm³/mol. The molecule has 11 heavy (non-hydrogen) atoms. The van der Waals surface area contributed by atoms with Crippen LogP contribution in [0.5, 0.6) is 0 Å². The van der Waals surface area contributed by atoms with Gasteiger partial charge in [0.15, 0.2) is 0 Å². The van der Waals surface area contributed by atoms with Crippen molar-refractivity contribution in [2.45, 2.75) is 0 Å². The number of hydrogen-bond acceptors (Lipinski definition) is 2. The molecule has 0 radical (unpaired) electrons. The molecule has 0 aliphatic carbocycles. The van der Waals surface area contributed by atoms with E-state index in [1.165, 1.54) is 0 Å². The fraction of sp³-hybridized carbons (Fsp3) is 0. The smallest absolute Gasteiger partial charge is 1.00 e. The molecule has 0 aromatic rings. The van der Waals surface area contributed by atoms with Gasteiger partial charge in [0.1, 0.15) is 0 Å². The van der Waals surface area contributed by atoms with E-state index in [4.69, 9.17) is 10.2 Å². The molecule has 0 unspecified atom stereocenters. The van der Waals surface area contributed by atoms with Crippen molar-refractivity contribution >= 4 is 11.9 Å². The summed E-state index contributed by atoms with van der Waals surface area (Å²) in [7, 11) is 0. The Morgan fingerprint density at radius 3 is 1.45 bits per heavy atom. The molecule has 0 saturated heterocycles. The molecule has 0 fully saturated rings. The standard InChI is InChI=1S/C6H6O4.Li.H/c7-5(8)3-1-2-4-6(9)10;;/h1-4H,(H,7,8)(H,9,10);;/q;+1;-1/b3-1-,4-2-;;. The molecule has 0 aliphatic heterocycles. The fourth-order valence-corrected chi connectivity index (χ4v) is 0.276. The van der Waals surface area contributed by atoms with Crippen LogP contribution < -0.4 is 18.9 Å². The molecule has 0 aromatic carbocycles. The van der Waals surface area contributed by atoms with E-state index in [9.17, 15) is 9.59 Å². The summed E-state index contributed by atoms with van der Waals surface area (Å²) in [6.07, 6.45) is 3.96. The Morgan fingerprint density at radius 1 is 1.00 bits per heavy atom. The van der Waals surface area contributed by atoms with Crippen LogP contribution in [0.15, 0.2) is 24.3 Å². The SMILES string of the molecule is O=C(O)/C=C\C=C/C(=O)O.[H-].[Li+]. The van der Waals surface area contributed by atoms with Crippen molar-refractivity contribution in [2.24, 2.45) is 0 Å². The number of carboxylic acid groups (broad SMARTS) is 2. The van der Waals surface area contributed by atoms with Crippen LogP contribution in [-0.4, -0.2) is 22.2 Å². The summed E-state index contributed by atoms with van der Waals surface area (Å²) in [5.74, 6) is -2.20. The first-order valence-electron chi connectivity index (χ1n) is 2.43. The minimum absolute atomic E-state index is 0. The number of carboxylic acids is 2. The minimum Gasteiger partial charge on any atom is -1.00 e. The van der Waals surface area contributed by atoms with Crippen LogP contribution in [0.25, 0.3) is 0 Å². The summed E-state index contributed by atoms with van der Waals surface area (Å²) in [6, 6.07) is 0.